The Kier molecular flexibility index (Phi) is 4.63. The number of anilines is 1. The third kappa shape index (κ3) is 3.03. The van der Waals surface area contributed by atoms with E-state index in [0.29, 0.717) is 16.2 Å². The van der Waals surface area contributed by atoms with E-state index in [-0.39, 0.29) is 11.4 Å². The van der Waals surface area contributed by atoms with Crippen molar-refractivity contribution < 1.29 is 0 Å². The monoisotopic (exact) mass is 379 g/mol. The van der Waals surface area contributed by atoms with E-state index in [1.54, 1.807) is 12.3 Å². The molecule has 5 nitrogen and oxygen atoms in total. The number of pyridine rings is 2. The normalized spacial score (nSPS) is 10.4. The topological polar surface area (TPSA) is 99.4 Å². The standard InChI is InChI=1S/C22H13N5S/c23-12-17-20(16-10-11-26-19-9-5-4-8-15(16)19)18(13-24)22(27-21(17)25)28-14-6-2-1-3-7-14/h1-11H,(H2,25,27). The molecule has 28 heavy (non-hydrogen) atoms. The fraction of sp³-hybridized carbons (Fsp3) is 0. The number of nitrogens with zero attached hydrogens (tertiary/aromatic N) is 4. The van der Waals surface area contributed by atoms with Crippen molar-refractivity contribution in [2.75, 3.05) is 5.73 Å². The summed E-state index contributed by atoms with van der Waals surface area (Å²) in [6.07, 6.45) is 1.67. The Morgan fingerprint density at radius 1 is 0.857 bits per heavy atom. The predicted molar refractivity (Wildman–Crippen MR) is 109 cm³/mol. The summed E-state index contributed by atoms with van der Waals surface area (Å²) in [4.78, 5) is 9.66. The molecule has 0 unspecified atom stereocenters. The average Bonchev–Trinajstić information content (AvgIpc) is 2.74. The lowest BCUT2D eigenvalue weighted by atomic mass is 9.94. The van der Waals surface area contributed by atoms with Crippen molar-refractivity contribution in [3.05, 3.63) is 78.0 Å². The quantitative estimate of drug-likeness (QED) is 0.550. The number of rotatable bonds is 3. The number of hydrogen-bond acceptors (Lipinski definition) is 6. The van der Waals surface area contributed by atoms with Gasteiger partial charge in [-0.1, -0.05) is 48.2 Å². The van der Waals surface area contributed by atoms with Crippen LogP contribution in [-0.2, 0) is 0 Å². The van der Waals surface area contributed by atoms with Gasteiger partial charge in [0.1, 0.15) is 28.5 Å². The SMILES string of the molecule is N#Cc1c(N)nc(Sc2ccccc2)c(C#N)c1-c1ccnc2ccccc12. The molecule has 0 amide bonds. The Labute approximate surface area is 166 Å². The van der Waals surface area contributed by atoms with Crippen molar-refractivity contribution in [2.45, 2.75) is 9.92 Å². The molecule has 0 atom stereocenters. The summed E-state index contributed by atoms with van der Waals surface area (Å²) >= 11 is 1.35. The van der Waals surface area contributed by atoms with Crippen LogP contribution in [0.5, 0.6) is 0 Å². The summed E-state index contributed by atoms with van der Waals surface area (Å²) in [6.45, 7) is 0. The number of nitriles is 2. The Morgan fingerprint density at radius 2 is 1.57 bits per heavy atom. The van der Waals surface area contributed by atoms with E-state index in [1.807, 2.05) is 54.6 Å². The molecule has 4 aromatic rings. The number of benzene rings is 2. The zero-order valence-corrected chi connectivity index (χ0v) is 15.4. The van der Waals surface area contributed by atoms with Gasteiger partial charge in [0, 0.05) is 22.0 Å². The molecule has 2 N–H and O–H groups in total. The molecular weight excluding hydrogens is 366 g/mol. The van der Waals surface area contributed by atoms with Crippen molar-refractivity contribution in [2.24, 2.45) is 0 Å². The van der Waals surface area contributed by atoms with Crippen LogP contribution in [-0.4, -0.2) is 9.97 Å². The maximum atomic E-state index is 9.95. The molecule has 0 radical (unpaired) electrons. The van der Waals surface area contributed by atoms with Crippen LogP contribution >= 0.6 is 11.8 Å². The molecule has 0 spiro atoms. The van der Waals surface area contributed by atoms with Crippen molar-refractivity contribution >= 4 is 28.5 Å². The van der Waals surface area contributed by atoms with Gasteiger partial charge in [-0.25, -0.2) is 4.98 Å². The second-order valence-electron chi connectivity index (χ2n) is 5.94. The Hall–Kier alpha value is -3.87. The summed E-state index contributed by atoms with van der Waals surface area (Å²) in [5.41, 5.74) is 8.66. The van der Waals surface area contributed by atoms with Crippen LogP contribution < -0.4 is 5.73 Å². The molecule has 0 fully saturated rings. The summed E-state index contributed by atoms with van der Waals surface area (Å²) in [5.74, 6) is 0.107. The van der Waals surface area contributed by atoms with Crippen molar-refractivity contribution in [1.29, 1.82) is 10.5 Å². The Balaban J connectivity index is 2.03. The van der Waals surface area contributed by atoms with E-state index in [4.69, 9.17) is 5.73 Å². The van der Waals surface area contributed by atoms with Gasteiger partial charge < -0.3 is 5.73 Å². The minimum absolute atomic E-state index is 0.107. The van der Waals surface area contributed by atoms with Gasteiger partial charge in [-0.2, -0.15) is 10.5 Å². The summed E-state index contributed by atoms with van der Waals surface area (Å²) in [7, 11) is 0. The molecule has 0 aliphatic rings. The number of aromatic nitrogens is 2. The minimum atomic E-state index is 0.107. The second-order valence-corrected chi connectivity index (χ2v) is 7.00. The highest BCUT2D eigenvalue weighted by molar-refractivity contribution is 7.99. The lowest BCUT2D eigenvalue weighted by Gasteiger charge is -2.14. The van der Waals surface area contributed by atoms with E-state index >= 15 is 0 Å². The van der Waals surface area contributed by atoms with Crippen LogP contribution in [0.3, 0.4) is 0 Å². The minimum Gasteiger partial charge on any atom is -0.383 e. The predicted octanol–water partition coefficient (Wildman–Crippen LogP) is 4.77. The van der Waals surface area contributed by atoms with Crippen LogP contribution in [0.2, 0.25) is 0 Å². The number of fused-ring (bicyclic) bond motifs is 1. The highest BCUT2D eigenvalue weighted by Crippen LogP contribution is 2.40. The van der Waals surface area contributed by atoms with Crippen molar-refractivity contribution in [3.63, 3.8) is 0 Å². The lowest BCUT2D eigenvalue weighted by Crippen LogP contribution is -2.03. The van der Waals surface area contributed by atoms with Crippen molar-refractivity contribution in [3.8, 4) is 23.3 Å². The fourth-order valence-corrected chi connectivity index (χ4v) is 3.97. The molecule has 2 aromatic heterocycles. The number of nitrogens with two attached hydrogens (primary N) is 1. The molecule has 2 heterocycles. The van der Waals surface area contributed by atoms with Crippen molar-refractivity contribution in [1.82, 2.24) is 9.97 Å². The number of para-hydroxylation sites is 1. The Morgan fingerprint density at radius 3 is 2.32 bits per heavy atom. The first-order chi connectivity index (χ1) is 13.7. The summed E-state index contributed by atoms with van der Waals surface area (Å²) in [6, 6.07) is 23.4. The van der Waals surface area contributed by atoms with E-state index in [9.17, 15) is 10.5 Å². The van der Waals surface area contributed by atoms with Gasteiger partial charge in [0.25, 0.3) is 0 Å². The van der Waals surface area contributed by atoms with Gasteiger partial charge in [-0.3, -0.25) is 4.98 Å². The van der Waals surface area contributed by atoms with Gasteiger partial charge in [0.15, 0.2) is 0 Å². The van der Waals surface area contributed by atoms with E-state index in [1.165, 1.54) is 11.8 Å². The average molecular weight is 379 g/mol. The third-order valence-electron chi connectivity index (χ3n) is 4.29. The van der Waals surface area contributed by atoms with E-state index < -0.39 is 0 Å². The van der Waals surface area contributed by atoms with Gasteiger partial charge >= 0.3 is 0 Å². The van der Waals surface area contributed by atoms with Gasteiger partial charge in [-0.05, 0) is 29.8 Å². The molecule has 6 heteroatoms. The lowest BCUT2D eigenvalue weighted by molar-refractivity contribution is 1.11. The molecule has 4 rings (SSSR count). The number of hydrogen-bond donors (Lipinski definition) is 1. The highest BCUT2D eigenvalue weighted by atomic mass is 32.2. The van der Waals surface area contributed by atoms with Crippen LogP contribution in [0.1, 0.15) is 11.1 Å². The van der Waals surface area contributed by atoms with Crippen LogP contribution in [0, 0.1) is 22.7 Å². The van der Waals surface area contributed by atoms with Crippen LogP contribution in [0.15, 0.2) is 76.8 Å². The maximum absolute atomic E-state index is 9.95. The Bertz CT molecular complexity index is 1260. The van der Waals surface area contributed by atoms with E-state index in [2.05, 4.69) is 22.1 Å². The molecule has 0 saturated carbocycles. The number of nitrogen functional groups attached to an aromatic ring is 1. The van der Waals surface area contributed by atoms with Crippen LogP contribution in [0.4, 0.5) is 5.82 Å². The maximum Gasteiger partial charge on any atom is 0.143 e. The first-order valence-electron chi connectivity index (χ1n) is 8.43. The molecule has 0 aliphatic carbocycles. The summed E-state index contributed by atoms with van der Waals surface area (Å²) < 4.78 is 0. The zero-order chi connectivity index (χ0) is 19.5. The van der Waals surface area contributed by atoms with Gasteiger partial charge in [0.05, 0.1) is 11.1 Å². The van der Waals surface area contributed by atoms with Crippen LogP contribution in [0.25, 0.3) is 22.0 Å². The molecular formula is C22H13N5S. The van der Waals surface area contributed by atoms with Gasteiger partial charge in [-0.15, -0.1) is 0 Å². The smallest absolute Gasteiger partial charge is 0.143 e. The molecule has 0 saturated heterocycles. The molecule has 132 valence electrons. The molecule has 0 aliphatic heterocycles. The first-order valence-corrected chi connectivity index (χ1v) is 9.25. The van der Waals surface area contributed by atoms with Gasteiger partial charge in [0.2, 0.25) is 0 Å². The zero-order valence-electron chi connectivity index (χ0n) is 14.6. The third-order valence-corrected chi connectivity index (χ3v) is 5.29. The summed E-state index contributed by atoms with van der Waals surface area (Å²) in [5, 5.41) is 21.0. The highest BCUT2D eigenvalue weighted by Gasteiger charge is 2.22. The second kappa shape index (κ2) is 7.40. The first kappa shape index (κ1) is 17.5. The fourth-order valence-electron chi connectivity index (χ4n) is 3.06. The van der Waals surface area contributed by atoms with E-state index in [0.717, 1.165) is 21.4 Å². The largest absolute Gasteiger partial charge is 0.383 e. The molecule has 2 aromatic carbocycles. The molecule has 0 bridgehead atoms.